The van der Waals surface area contributed by atoms with Crippen molar-refractivity contribution in [2.75, 3.05) is 6.61 Å². The SMILES string of the molecule is CC(C)OC(=O)[C@H](C)NP(=S)(N[C@@H](C)C(=O)OC(C)C)OC[C@@]1(C(F)F)O[C@@H](n2cc(Cl)c(=O)[nH]c2=O)C(F)(F)[C@@H]1O. The van der Waals surface area contributed by atoms with Gasteiger partial charge >= 0.3 is 23.6 Å². The van der Waals surface area contributed by atoms with Gasteiger partial charge in [-0.05, 0) is 53.3 Å². The summed E-state index contributed by atoms with van der Waals surface area (Å²) in [5, 5.41) is 14.8. The van der Waals surface area contributed by atoms with E-state index in [-0.39, 0.29) is 4.57 Å². The van der Waals surface area contributed by atoms with Gasteiger partial charge in [-0.2, -0.15) is 8.78 Å². The molecule has 1 aliphatic heterocycles. The number of aliphatic hydroxyl groups is 1. The molecule has 0 spiro atoms. The second-order valence-electron chi connectivity index (χ2n) is 9.94. The Hall–Kier alpha value is -1.92. The predicted molar refractivity (Wildman–Crippen MR) is 144 cm³/mol. The number of esters is 2. The molecule has 2 heterocycles. The Labute approximate surface area is 247 Å². The number of hydrogen-bond acceptors (Lipinski definition) is 10. The summed E-state index contributed by atoms with van der Waals surface area (Å²) in [6, 6.07) is -2.51. The maximum Gasteiger partial charge on any atom is 0.330 e. The molecule has 1 aliphatic rings. The number of alkyl halides is 4. The maximum absolute atomic E-state index is 15.2. The van der Waals surface area contributed by atoms with Gasteiger partial charge in [-0.15, -0.1) is 0 Å². The van der Waals surface area contributed by atoms with Gasteiger partial charge in [0.05, 0.1) is 18.8 Å². The van der Waals surface area contributed by atoms with Gasteiger partial charge in [0.1, 0.15) is 17.1 Å². The molecule has 0 unspecified atom stereocenters. The van der Waals surface area contributed by atoms with Crippen LogP contribution in [0.2, 0.25) is 5.02 Å². The zero-order valence-electron chi connectivity index (χ0n) is 23.2. The standard InChI is InChI=1S/C22H32ClF4N4O9PS/c1-9(2)38-15(33)11(5)29-41(42,30-12(6)16(34)39-10(3)4)37-8-21(18(24)25)17(35)22(26,27)19(40-21)31-7-13(23)14(32)28-20(31)36/h7,9-12,17-19,35H,8H2,1-6H3,(H,28,32,36)(H2,29,30,42)/t11-,12-,17+,19+,21+/m0/s1. The highest BCUT2D eigenvalue weighted by molar-refractivity contribution is 8.10. The van der Waals surface area contributed by atoms with Crippen LogP contribution in [0.3, 0.4) is 0 Å². The molecule has 0 aromatic carbocycles. The number of aromatic nitrogens is 2. The third-order valence-electron chi connectivity index (χ3n) is 5.64. The van der Waals surface area contributed by atoms with Crippen LogP contribution >= 0.6 is 18.2 Å². The van der Waals surface area contributed by atoms with E-state index in [9.17, 15) is 33.1 Å². The second kappa shape index (κ2) is 13.8. The molecule has 0 amide bonds. The molecule has 5 atom stereocenters. The van der Waals surface area contributed by atoms with Crippen LogP contribution in [0.25, 0.3) is 0 Å². The summed E-state index contributed by atoms with van der Waals surface area (Å²) in [5.41, 5.74) is -6.14. The number of ether oxygens (including phenoxy) is 3. The van der Waals surface area contributed by atoms with Crippen LogP contribution in [0.5, 0.6) is 0 Å². The highest BCUT2D eigenvalue weighted by atomic mass is 35.5. The summed E-state index contributed by atoms with van der Waals surface area (Å²) < 4.78 is 80.0. The fourth-order valence-corrected chi connectivity index (χ4v) is 6.72. The Morgan fingerprint density at radius 2 is 1.60 bits per heavy atom. The molecule has 20 heteroatoms. The van der Waals surface area contributed by atoms with Crippen LogP contribution in [0, 0.1) is 0 Å². The van der Waals surface area contributed by atoms with Crippen molar-refractivity contribution in [1.29, 1.82) is 0 Å². The highest BCUT2D eigenvalue weighted by Gasteiger charge is 2.71. The first kappa shape index (κ1) is 36.3. The van der Waals surface area contributed by atoms with E-state index in [1.54, 1.807) is 32.7 Å². The van der Waals surface area contributed by atoms with Crippen LogP contribution in [0.4, 0.5) is 17.6 Å². The number of rotatable bonds is 13. The minimum atomic E-state index is -4.56. The average Bonchev–Trinajstić information content (AvgIpc) is 3.05. The summed E-state index contributed by atoms with van der Waals surface area (Å²) in [5.74, 6) is -6.25. The van der Waals surface area contributed by atoms with Crippen LogP contribution in [0.1, 0.15) is 47.8 Å². The number of aliphatic hydroxyl groups excluding tert-OH is 1. The van der Waals surface area contributed by atoms with E-state index in [1.165, 1.54) is 13.8 Å². The fourth-order valence-electron chi connectivity index (χ4n) is 3.62. The minimum Gasteiger partial charge on any atom is -0.462 e. The van der Waals surface area contributed by atoms with Crippen molar-refractivity contribution in [3.8, 4) is 0 Å². The first-order valence-electron chi connectivity index (χ1n) is 12.4. The zero-order chi connectivity index (χ0) is 32.4. The lowest BCUT2D eigenvalue weighted by molar-refractivity contribution is -0.191. The Balaban J connectivity index is 2.48. The summed E-state index contributed by atoms with van der Waals surface area (Å²) in [6.45, 7) is 3.25. The molecule has 4 N–H and O–H groups in total. The topological polar surface area (TPSA) is 170 Å². The van der Waals surface area contributed by atoms with E-state index < -0.39 is 96.0 Å². The molecule has 1 aromatic heterocycles. The van der Waals surface area contributed by atoms with E-state index in [0.717, 1.165) is 0 Å². The van der Waals surface area contributed by atoms with Gasteiger partial charge in [0.2, 0.25) is 6.23 Å². The number of nitrogens with zero attached hydrogens (tertiary/aromatic N) is 1. The normalized spacial score (nSPS) is 23.8. The molecule has 0 bridgehead atoms. The van der Waals surface area contributed by atoms with Crippen molar-refractivity contribution in [1.82, 2.24) is 19.7 Å². The molecule has 2 rings (SSSR count). The number of nitrogens with one attached hydrogen (secondary N) is 3. The quantitative estimate of drug-likeness (QED) is 0.137. The lowest BCUT2D eigenvalue weighted by atomic mass is 9.96. The highest BCUT2D eigenvalue weighted by Crippen LogP contribution is 2.52. The van der Waals surface area contributed by atoms with Gasteiger partial charge in [-0.25, -0.2) is 23.7 Å². The van der Waals surface area contributed by atoms with Gasteiger partial charge in [0.15, 0.2) is 18.3 Å². The van der Waals surface area contributed by atoms with Crippen molar-refractivity contribution >= 4 is 41.9 Å². The Kier molecular flexibility index (Phi) is 11.9. The number of carbonyl (C=O) groups is 2. The second-order valence-corrected chi connectivity index (χ2v) is 13.8. The molecule has 0 aliphatic carbocycles. The largest absolute Gasteiger partial charge is 0.462 e. The third kappa shape index (κ3) is 8.16. The summed E-state index contributed by atoms with van der Waals surface area (Å²) in [6.07, 6.45) is -10.7. The van der Waals surface area contributed by atoms with E-state index in [1.807, 2.05) is 0 Å². The molecule has 42 heavy (non-hydrogen) atoms. The van der Waals surface area contributed by atoms with Gasteiger partial charge in [-0.3, -0.25) is 23.9 Å². The first-order valence-corrected chi connectivity index (χ1v) is 15.5. The fraction of sp³-hybridized carbons (Fsp3) is 0.727. The average molecular weight is 671 g/mol. The molecule has 0 saturated carbocycles. The minimum absolute atomic E-state index is 0.0393. The van der Waals surface area contributed by atoms with Gasteiger partial charge in [0, 0.05) is 6.20 Å². The molecule has 1 fully saturated rings. The Bertz CT molecular complexity index is 1280. The molecule has 0 radical (unpaired) electrons. The van der Waals surface area contributed by atoms with Crippen LogP contribution in [0.15, 0.2) is 15.8 Å². The van der Waals surface area contributed by atoms with E-state index >= 15 is 8.78 Å². The number of hydrogen-bond donors (Lipinski definition) is 4. The van der Waals surface area contributed by atoms with Crippen molar-refractivity contribution in [2.45, 2.75) is 96.1 Å². The monoisotopic (exact) mass is 670 g/mol. The summed E-state index contributed by atoms with van der Waals surface area (Å²) in [7, 11) is 0. The first-order chi connectivity index (χ1) is 19.2. The van der Waals surface area contributed by atoms with Crippen molar-refractivity contribution in [2.24, 2.45) is 0 Å². The van der Waals surface area contributed by atoms with Crippen molar-refractivity contribution in [3.05, 3.63) is 32.1 Å². The van der Waals surface area contributed by atoms with Crippen molar-refractivity contribution in [3.63, 3.8) is 0 Å². The molecular weight excluding hydrogens is 639 g/mol. The van der Waals surface area contributed by atoms with E-state index in [2.05, 4.69) is 10.2 Å². The lowest BCUT2D eigenvalue weighted by Gasteiger charge is -2.35. The molecule has 240 valence electrons. The number of aromatic amines is 1. The van der Waals surface area contributed by atoms with E-state index in [0.29, 0.717) is 6.20 Å². The lowest BCUT2D eigenvalue weighted by Crippen LogP contribution is -2.55. The predicted octanol–water partition coefficient (Wildman–Crippen LogP) is 1.82. The van der Waals surface area contributed by atoms with Crippen LogP contribution in [-0.2, 0) is 40.1 Å². The Morgan fingerprint density at radius 1 is 1.12 bits per heavy atom. The molecular formula is C22H32ClF4N4O9PS. The molecule has 13 nitrogen and oxygen atoms in total. The van der Waals surface area contributed by atoms with Gasteiger partial charge in [0.25, 0.3) is 12.0 Å². The maximum atomic E-state index is 15.2. The third-order valence-corrected chi connectivity index (χ3v) is 8.81. The summed E-state index contributed by atoms with van der Waals surface area (Å²) in [4.78, 5) is 50.2. The van der Waals surface area contributed by atoms with Crippen molar-refractivity contribution < 1.29 is 51.0 Å². The van der Waals surface area contributed by atoms with Crippen LogP contribution < -0.4 is 21.4 Å². The van der Waals surface area contributed by atoms with Gasteiger partial charge < -0.3 is 23.8 Å². The van der Waals surface area contributed by atoms with Crippen LogP contribution in [-0.4, -0.2) is 81.5 Å². The Morgan fingerprint density at radius 3 is 2.02 bits per heavy atom. The summed E-state index contributed by atoms with van der Waals surface area (Å²) >= 11 is 11.0. The van der Waals surface area contributed by atoms with E-state index in [4.69, 9.17) is 42.1 Å². The zero-order valence-corrected chi connectivity index (χ0v) is 25.7. The number of carbonyl (C=O) groups excluding carboxylic acids is 2. The molecule has 1 saturated heterocycles. The smallest absolute Gasteiger partial charge is 0.330 e. The number of halogens is 5. The molecule has 1 aromatic rings. The number of H-pyrrole nitrogens is 1. The van der Waals surface area contributed by atoms with Gasteiger partial charge in [-0.1, -0.05) is 11.6 Å².